The summed E-state index contributed by atoms with van der Waals surface area (Å²) in [5, 5.41) is 9.64. The Kier molecular flexibility index (Phi) is 5.66. The zero-order chi connectivity index (χ0) is 20.1. The third-order valence-electron chi connectivity index (χ3n) is 4.27. The molecule has 2 N–H and O–H groups in total. The van der Waals surface area contributed by atoms with Crippen LogP contribution in [0.5, 0.6) is 11.5 Å². The fourth-order valence-corrected chi connectivity index (χ4v) is 3.07. The minimum absolute atomic E-state index is 0.0209. The maximum atomic E-state index is 12.6. The molecule has 0 aromatic heterocycles. The van der Waals surface area contributed by atoms with E-state index >= 15 is 0 Å². The summed E-state index contributed by atoms with van der Waals surface area (Å²) in [4.78, 5) is 12.6. The van der Waals surface area contributed by atoms with E-state index in [4.69, 9.17) is 19.9 Å². The van der Waals surface area contributed by atoms with Gasteiger partial charge in [0.1, 0.15) is 28.9 Å². The number of nitrogens with two attached hydrogens (primary N) is 1. The van der Waals surface area contributed by atoms with Crippen molar-refractivity contribution >= 4 is 5.97 Å². The topological polar surface area (TPSA) is 94.6 Å². The molecule has 0 radical (unpaired) electrons. The highest BCUT2D eigenvalue weighted by Gasteiger charge is 2.36. The van der Waals surface area contributed by atoms with Gasteiger partial charge in [0.15, 0.2) is 0 Å². The molecule has 0 bridgehead atoms. The van der Waals surface area contributed by atoms with Crippen molar-refractivity contribution in [2.24, 2.45) is 5.73 Å². The quantitative estimate of drug-likeness (QED) is 0.789. The molecule has 0 spiro atoms. The molecule has 28 heavy (non-hydrogen) atoms. The number of hydrogen-bond acceptors (Lipinski definition) is 6. The Bertz CT molecular complexity index is 987. The lowest BCUT2D eigenvalue weighted by molar-refractivity contribution is -0.139. The normalized spacial score (nSPS) is 16.2. The van der Waals surface area contributed by atoms with Crippen LogP contribution in [0.25, 0.3) is 0 Å². The van der Waals surface area contributed by atoms with Gasteiger partial charge in [0.25, 0.3) is 0 Å². The van der Waals surface area contributed by atoms with Crippen LogP contribution >= 0.6 is 0 Å². The van der Waals surface area contributed by atoms with Gasteiger partial charge in [-0.1, -0.05) is 30.3 Å². The lowest BCUT2D eigenvalue weighted by Crippen LogP contribution is -2.25. The number of nitriles is 1. The van der Waals surface area contributed by atoms with E-state index < -0.39 is 11.9 Å². The van der Waals surface area contributed by atoms with Crippen LogP contribution in [-0.4, -0.2) is 12.6 Å². The van der Waals surface area contributed by atoms with Crippen LogP contribution in [-0.2, 0) is 14.3 Å². The predicted molar refractivity (Wildman–Crippen MR) is 103 cm³/mol. The van der Waals surface area contributed by atoms with Crippen molar-refractivity contribution < 1.29 is 19.0 Å². The number of hydrogen-bond donors (Lipinski definition) is 1. The molecule has 1 atom stereocenters. The largest absolute Gasteiger partial charge is 0.463 e. The Morgan fingerprint density at radius 1 is 1.18 bits per heavy atom. The molecular weight excluding hydrogens is 356 g/mol. The summed E-state index contributed by atoms with van der Waals surface area (Å²) in [6.07, 6.45) is 0. The first kappa shape index (κ1) is 19.1. The van der Waals surface area contributed by atoms with Crippen molar-refractivity contribution in [3.8, 4) is 17.6 Å². The summed E-state index contributed by atoms with van der Waals surface area (Å²) in [5.74, 6) is 0.310. The van der Waals surface area contributed by atoms with Crippen molar-refractivity contribution in [2.75, 3.05) is 6.61 Å². The number of benzene rings is 2. The Hall–Kier alpha value is -3.72. The molecule has 0 saturated heterocycles. The van der Waals surface area contributed by atoms with Crippen LogP contribution < -0.4 is 10.5 Å². The molecule has 6 nitrogen and oxygen atoms in total. The number of nitrogens with zero attached hydrogens (tertiary/aromatic N) is 1. The van der Waals surface area contributed by atoms with Gasteiger partial charge < -0.3 is 19.9 Å². The van der Waals surface area contributed by atoms with Crippen LogP contribution in [0.3, 0.4) is 0 Å². The average molecular weight is 376 g/mol. The van der Waals surface area contributed by atoms with Gasteiger partial charge >= 0.3 is 5.97 Å². The van der Waals surface area contributed by atoms with E-state index in [-0.39, 0.29) is 23.6 Å². The van der Waals surface area contributed by atoms with Crippen molar-refractivity contribution in [3.05, 3.63) is 82.9 Å². The monoisotopic (exact) mass is 376 g/mol. The van der Waals surface area contributed by atoms with Crippen molar-refractivity contribution in [2.45, 2.75) is 19.8 Å². The van der Waals surface area contributed by atoms with E-state index in [0.29, 0.717) is 22.8 Å². The van der Waals surface area contributed by atoms with Gasteiger partial charge in [-0.3, -0.25) is 0 Å². The van der Waals surface area contributed by atoms with Crippen LogP contribution in [0.2, 0.25) is 0 Å². The first-order chi connectivity index (χ1) is 13.5. The molecule has 142 valence electrons. The molecule has 6 heteroatoms. The zero-order valence-electron chi connectivity index (χ0n) is 15.6. The molecule has 2 aromatic carbocycles. The van der Waals surface area contributed by atoms with Gasteiger partial charge in [0.05, 0.1) is 18.1 Å². The van der Waals surface area contributed by atoms with Gasteiger partial charge in [-0.25, -0.2) is 4.79 Å². The Balaban J connectivity index is 2.04. The Labute approximate surface area is 163 Å². The van der Waals surface area contributed by atoms with Gasteiger partial charge in [0.2, 0.25) is 5.88 Å². The SMILES string of the molecule is CCOC(=O)C1=C(C)OC(N)=C(C#N)[C@@H]1c1cccc(Oc2ccccc2)c1. The lowest BCUT2D eigenvalue weighted by Gasteiger charge is -2.27. The van der Waals surface area contributed by atoms with Crippen LogP contribution in [0.1, 0.15) is 25.3 Å². The molecular formula is C22H20N2O4. The van der Waals surface area contributed by atoms with Gasteiger partial charge in [0, 0.05) is 0 Å². The van der Waals surface area contributed by atoms with Crippen molar-refractivity contribution in [1.29, 1.82) is 5.26 Å². The number of carbonyl (C=O) groups is 1. The molecule has 0 amide bonds. The first-order valence-electron chi connectivity index (χ1n) is 8.83. The van der Waals surface area contributed by atoms with Crippen molar-refractivity contribution in [3.63, 3.8) is 0 Å². The molecule has 0 fully saturated rings. The van der Waals surface area contributed by atoms with Crippen LogP contribution in [0.15, 0.2) is 77.4 Å². The number of ether oxygens (including phenoxy) is 3. The van der Waals surface area contributed by atoms with Gasteiger partial charge in [-0.15, -0.1) is 0 Å². The minimum Gasteiger partial charge on any atom is -0.463 e. The van der Waals surface area contributed by atoms with E-state index in [9.17, 15) is 10.1 Å². The second-order valence-corrected chi connectivity index (χ2v) is 6.10. The zero-order valence-corrected chi connectivity index (χ0v) is 15.6. The fourth-order valence-electron chi connectivity index (χ4n) is 3.07. The fraction of sp³-hybridized carbons (Fsp3) is 0.182. The summed E-state index contributed by atoms with van der Waals surface area (Å²) in [6, 6.07) is 18.6. The van der Waals surface area contributed by atoms with E-state index in [1.807, 2.05) is 36.4 Å². The van der Waals surface area contributed by atoms with E-state index in [2.05, 4.69) is 6.07 Å². The minimum atomic E-state index is -0.697. The second-order valence-electron chi connectivity index (χ2n) is 6.10. The molecule has 0 aliphatic carbocycles. The average Bonchev–Trinajstić information content (AvgIpc) is 2.68. The van der Waals surface area contributed by atoms with Crippen LogP contribution in [0.4, 0.5) is 0 Å². The smallest absolute Gasteiger partial charge is 0.338 e. The molecule has 1 aliphatic heterocycles. The Morgan fingerprint density at radius 2 is 1.89 bits per heavy atom. The van der Waals surface area contributed by atoms with E-state index in [0.717, 1.165) is 0 Å². The highest BCUT2D eigenvalue weighted by atomic mass is 16.5. The summed E-state index contributed by atoms with van der Waals surface area (Å²) in [5.41, 5.74) is 7.01. The molecule has 3 rings (SSSR count). The number of rotatable bonds is 5. The van der Waals surface area contributed by atoms with Crippen molar-refractivity contribution in [1.82, 2.24) is 0 Å². The number of esters is 1. The number of carbonyl (C=O) groups excluding carboxylic acids is 1. The number of para-hydroxylation sites is 1. The summed E-state index contributed by atoms with van der Waals surface area (Å²) in [7, 11) is 0. The highest BCUT2D eigenvalue weighted by Crippen LogP contribution is 2.40. The van der Waals surface area contributed by atoms with Gasteiger partial charge in [-0.2, -0.15) is 5.26 Å². The summed E-state index contributed by atoms with van der Waals surface area (Å²) in [6.45, 7) is 3.56. The van der Waals surface area contributed by atoms with Gasteiger partial charge in [-0.05, 0) is 43.7 Å². The molecule has 2 aromatic rings. The molecule has 0 unspecified atom stereocenters. The molecule has 0 saturated carbocycles. The van der Waals surface area contributed by atoms with E-state index in [1.54, 1.807) is 32.0 Å². The number of allylic oxidation sites excluding steroid dienone is 2. The summed E-state index contributed by atoms with van der Waals surface area (Å²) >= 11 is 0. The second kappa shape index (κ2) is 8.31. The first-order valence-corrected chi connectivity index (χ1v) is 8.83. The maximum absolute atomic E-state index is 12.6. The third-order valence-corrected chi connectivity index (χ3v) is 4.27. The molecule has 1 heterocycles. The Morgan fingerprint density at radius 3 is 2.57 bits per heavy atom. The maximum Gasteiger partial charge on any atom is 0.338 e. The van der Waals surface area contributed by atoms with Crippen LogP contribution in [0, 0.1) is 11.3 Å². The summed E-state index contributed by atoms with van der Waals surface area (Å²) < 4.78 is 16.5. The van der Waals surface area contributed by atoms with E-state index in [1.165, 1.54) is 0 Å². The molecule has 1 aliphatic rings. The standard InChI is InChI=1S/C22H20N2O4/c1-3-26-22(25)19-14(2)27-21(24)18(13-23)20(19)15-8-7-11-17(12-15)28-16-9-5-4-6-10-16/h4-12,20H,3,24H2,1-2H3/t20-/m0/s1. The predicted octanol–water partition coefficient (Wildman–Crippen LogP) is 4.12. The highest BCUT2D eigenvalue weighted by molar-refractivity contribution is 5.92. The third kappa shape index (κ3) is 3.84. The lowest BCUT2D eigenvalue weighted by atomic mass is 9.83.